The van der Waals surface area contributed by atoms with Crippen LogP contribution in [0.2, 0.25) is 0 Å². The molecule has 1 atom stereocenters. The number of esters is 1. The van der Waals surface area contributed by atoms with E-state index in [0.29, 0.717) is 6.54 Å². The van der Waals surface area contributed by atoms with Crippen LogP contribution in [0.15, 0.2) is 24.3 Å². The third-order valence-corrected chi connectivity index (χ3v) is 3.61. The van der Waals surface area contributed by atoms with Gasteiger partial charge in [0.1, 0.15) is 6.04 Å². The molecule has 2 rings (SSSR count). The van der Waals surface area contributed by atoms with Crippen molar-refractivity contribution >= 4 is 23.7 Å². The minimum atomic E-state index is -1.10. The predicted molar refractivity (Wildman–Crippen MR) is 85.2 cm³/mol. The second-order valence-corrected chi connectivity index (χ2v) is 6.01. The van der Waals surface area contributed by atoms with Crippen molar-refractivity contribution in [2.24, 2.45) is 5.92 Å². The van der Waals surface area contributed by atoms with Crippen LogP contribution in [0.5, 0.6) is 0 Å². The zero-order valence-corrected chi connectivity index (χ0v) is 13.9. The van der Waals surface area contributed by atoms with Crippen molar-refractivity contribution in [3.63, 3.8) is 0 Å². The molecule has 1 aliphatic heterocycles. The molecule has 1 heterocycles. The summed E-state index contributed by atoms with van der Waals surface area (Å²) in [5.41, 5.74) is 0.522. The molecule has 0 aliphatic carbocycles. The highest BCUT2D eigenvalue weighted by atomic mass is 16.5. The van der Waals surface area contributed by atoms with Crippen molar-refractivity contribution in [3.05, 3.63) is 35.4 Å². The van der Waals surface area contributed by atoms with Gasteiger partial charge in [-0.1, -0.05) is 26.0 Å². The van der Waals surface area contributed by atoms with Crippen molar-refractivity contribution in [3.8, 4) is 0 Å². The molecule has 0 saturated carbocycles. The molecule has 0 fully saturated rings. The Balaban J connectivity index is 1.96. The second kappa shape index (κ2) is 7.25. The third-order valence-electron chi connectivity index (χ3n) is 3.61. The first-order chi connectivity index (χ1) is 11.3. The fraction of sp³-hybridized carbons (Fsp3) is 0.412. The number of nitrogens with zero attached hydrogens (tertiary/aromatic N) is 1. The lowest BCUT2D eigenvalue weighted by Crippen LogP contribution is -2.44. The van der Waals surface area contributed by atoms with E-state index in [1.807, 2.05) is 13.8 Å². The van der Waals surface area contributed by atoms with Gasteiger partial charge in [0.05, 0.1) is 11.1 Å². The van der Waals surface area contributed by atoms with Crippen molar-refractivity contribution in [2.45, 2.75) is 26.8 Å². The van der Waals surface area contributed by atoms with E-state index in [2.05, 4.69) is 5.32 Å². The minimum absolute atomic E-state index is 0.261. The summed E-state index contributed by atoms with van der Waals surface area (Å²) in [5, 5.41) is 2.61. The highest BCUT2D eigenvalue weighted by Crippen LogP contribution is 2.24. The molecule has 0 spiro atoms. The van der Waals surface area contributed by atoms with Gasteiger partial charge in [-0.05, 0) is 25.0 Å². The standard InChI is InChI=1S/C17H20N2O5/c1-10(2)8-18-14(20)9-24-17(23)11(3)19-15(21)12-6-4-5-7-13(12)16(19)22/h4-7,10-11H,8-9H2,1-3H3,(H,18,20)/t11-/m1/s1. The van der Waals surface area contributed by atoms with Crippen molar-refractivity contribution in [1.82, 2.24) is 10.2 Å². The number of rotatable bonds is 6. The summed E-state index contributed by atoms with van der Waals surface area (Å²) >= 11 is 0. The number of carbonyl (C=O) groups is 4. The Kier molecular flexibility index (Phi) is 5.33. The van der Waals surface area contributed by atoms with Crippen LogP contribution >= 0.6 is 0 Å². The van der Waals surface area contributed by atoms with Gasteiger partial charge in [0.2, 0.25) is 0 Å². The Hall–Kier alpha value is -2.70. The zero-order chi connectivity index (χ0) is 17.9. The second-order valence-electron chi connectivity index (χ2n) is 6.01. The average molecular weight is 332 g/mol. The molecule has 128 valence electrons. The molecule has 7 nitrogen and oxygen atoms in total. The Morgan fingerprint density at radius 1 is 1.08 bits per heavy atom. The molecule has 1 aromatic carbocycles. The monoisotopic (exact) mass is 332 g/mol. The van der Waals surface area contributed by atoms with E-state index >= 15 is 0 Å². The lowest BCUT2D eigenvalue weighted by atomic mass is 10.1. The molecule has 1 N–H and O–H groups in total. The molecular formula is C17H20N2O5. The molecule has 0 saturated heterocycles. The van der Waals surface area contributed by atoms with E-state index in [1.165, 1.54) is 19.1 Å². The highest BCUT2D eigenvalue weighted by molar-refractivity contribution is 6.22. The number of benzene rings is 1. The summed E-state index contributed by atoms with van der Waals surface area (Å²) in [4.78, 5) is 49.1. The van der Waals surface area contributed by atoms with Crippen LogP contribution in [0.1, 0.15) is 41.5 Å². The maximum Gasteiger partial charge on any atom is 0.329 e. The number of hydrogen-bond donors (Lipinski definition) is 1. The van der Waals surface area contributed by atoms with Gasteiger partial charge in [0, 0.05) is 6.54 Å². The summed E-state index contributed by atoms with van der Waals surface area (Å²) in [6.07, 6.45) is 0. The van der Waals surface area contributed by atoms with E-state index < -0.39 is 36.3 Å². The van der Waals surface area contributed by atoms with Gasteiger partial charge in [0.15, 0.2) is 6.61 Å². The van der Waals surface area contributed by atoms with Gasteiger partial charge in [-0.2, -0.15) is 0 Å². The third kappa shape index (κ3) is 3.61. The van der Waals surface area contributed by atoms with E-state index in [-0.39, 0.29) is 17.0 Å². The van der Waals surface area contributed by atoms with Crippen LogP contribution in [-0.4, -0.2) is 47.8 Å². The highest BCUT2D eigenvalue weighted by Gasteiger charge is 2.41. The molecule has 24 heavy (non-hydrogen) atoms. The van der Waals surface area contributed by atoms with E-state index in [9.17, 15) is 19.2 Å². The molecule has 0 unspecified atom stereocenters. The normalized spacial score (nSPS) is 14.6. The molecule has 0 radical (unpaired) electrons. The maximum atomic E-state index is 12.3. The number of fused-ring (bicyclic) bond motifs is 1. The number of ether oxygens (including phenoxy) is 1. The molecule has 0 aromatic heterocycles. The first kappa shape index (κ1) is 17.7. The molecule has 0 bridgehead atoms. The van der Waals surface area contributed by atoms with Crippen molar-refractivity contribution in [1.29, 1.82) is 0 Å². The van der Waals surface area contributed by atoms with Gasteiger partial charge in [-0.25, -0.2) is 4.79 Å². The van der Waals surface area contributed by atoms with Gasteiger partial charge in [-0.3, -0.25) is 19.3 Å². The number of hydrogen-bond acceptors (Lipinski definition) is 5. The van der Waals surface area contributed by atoms with Crippen molar-refractivity contribution < 1.29 is 23.9 Å². The molecule has 1 aliphatic rings. The van der Waals surface area contributed by atoms with Gasteiger partial charge in [-0.15, -0.1) is 0 Å². The summed E-state index contributed by atoms with van der Waals surface area (Å²) < 4.78 is 4.91. The topological polar surface area (TPSA) is 92.8 Å². The first-order valence-electron chi connectivity index (χ1n) is 7.73. The predicted octanol–water partition coefficient (Wildman–Crippen LogP) is 0.986. The Bertz CT molecular complexity index is 648. The van der Waals surface area contributed by atoms with Crippen LogP contribution in [0, 0.1) is 5.92 Å². The SMILES string of the molecule is CC(C)CNC(=O)COC(=O)[C@@H](C)N1C(=O)c2ccccc2C1=O. The lowest BCUT2D eigenvalue weighted by Gasteiger charge is -2.20. The van der Waals surface area contributed by atoms with E-state index in [0.717, 1.165) is 4.90 Å². The molecular weight excluding hydrogens is 312 g/mol. The smallest absolute Gasteiger partial charge is 0.329 e. The maximum absolute atomic E-state index is 12.3. The first-order valence-corrected chi connectivity index (χ1v) is 7.73. The quantitative estimate of drug-likeness (QED) is 0.619. The lowest BCUT2D eigenvalue weighted by molar-refractivity contribution is -0.151. The van der Waals surface area contributed by atoms with Crippen molar-refractivity contribution in [2.75, 3.05) is 13.2 Å². The van der Waals surface area contributed by atoms with Gasteiger partial charge < -0.3 is 10.1 Å². The summed E-state index contributed by atoms with van der Waals surface area (Å²) in [6.45, 7) is 5.31. The van der Waals surface area contributed by atoms with Crippen LogP contribution in [0.3, 0.4) is 0 Å². The van der Waals surface area contributed by atoms with E-state index in [1.54, 1.807) is 12.1 Å². The van der Waals surface area contributed by atoms with Crippen LogP contribution in [-0.2, 0) is 14.3 Å². The van der Waals surface area contributed by atoms with Crippen LogP contribution in [0.25, 0.3) is 0 Å². The largest absolute Gasteiger partial charge is 0.454 e. The average Bonchev–Trinajstić information content (AvgIpc) is 2.81. The summed E-state index contributed by atoms with van der Waals surface area (Å²) in [5.74, 6) is -2.02. The summed E-state index contributed by atoms with van der Waals surface area (Å²) in [6, 6.07) is 5.26. The Morgan fingerprint density at radius 2 is 1.62 bits per heavy atom. The number of carbonyl (C=O) groups excluding carboxylic acids is 4. The Morgan fingerprint density at radius 3 is 2.12 bits per heavy atom. The zero-order valence-electron chi connectivity index (χ0n) is 13.9. The van der Waals surface area contributed by atoms with Crippen LogP contribution in [0.4, 0.5) is 0 Å². The molecule has 7 heteroatoms. The van der Waals surface area contributed by atoms with Crippen LogP contribution < -0.4 is 5.32 Å². The Labute approximate surface area is 140 Å². The van der Waals surface area contributed by atoms with Gasteiger partial charge >= 0.3 is 5.97 Å². The van der Waals surface area contributed by atoms with Gasteiger partial charge in [0.25, 0.3) is 17.7 Å². The number of amides is 3. The number of imide groups is 1. The molecule has 3 amide bonds. The fourth-order valence-corrected chi connectivity index (χ4v) is 2.29. The fourth-order valence-electron chi connectivity index (χ4n) is 2.29. The summed E-state index contributed by atoms with van der Waals surface area (Å²) in [7, 11) is 0. The number of nitrogens with one attached hydrogen (secondary N) is 1. The molecule has 1 aromatic rings. The minimum Gasteiger partial charge on any atom is -0.454 e. The van der Waals surface area contributed by atoms with E-state index in [4.69, 9.17) is 4.74 Å².